The van der Waals surface area contributed by atoms with Crippen LogP contribution in [0.1, 0.15) is 11.1 Å². The van der Waals surface area contributed by atoms with Gasteiger partial charge in [-0.2, -0.15) is 0 Å². The van der Waals surface area contributed by atoms with Crippen LogP contribution in [0.15, 0.2) is 212 Å². The summed E-state index contributed by atoms with van der Waals surface area (Å²) >= 11 is 1.86. The number of thiophene rings is 1. The number of nitrogens with zero attached hydrogens (tertiary/aromatic N) is 3. The van der Waals surface area contributed by atoms with E-state index in [-0.39, 0.29) is 0 Å². The summed E-state index contributed by atoms with van der Waals surface area (Å²) in [5.41, 5.74) is 12.7. The maximum absolute atomic E-state index is 2.55. The highest BCUT2D eigenvalue weighted by Gasteiger charge is 2.26. The van der Waals surface area contributed by atoms with Crippen molar-refractivity contribution in [3.8, 4) is 5.69 Å². The molecule has 12 aromatic rings. The highest BCUT2D eigenvalue weighted by atomic mass is 32.1. The summed E-state index contributed by atoms with van der Waals surface area (Å²) in [6.45, 7) is 4.42. The fourth-order valence-corrected chi connectivity index (χ4v) is 10.9. The van der Waals surface area contributed by atoms with Gasteiger partial charge < -0.3 is 14.4 Å². The van der Waals surface area contributed by atoms with Crippen molar-refractivity contribution in [3.63, 3.8) is 0 Å². The van der Waals surface area contributed by atoms with Crippen molar-refractivity contribution in [2.75, 3.05) is 9.80 Å². The number of anilines is 6. The Labute approximate surface area is 364 Å². The van der Waals surface area contributed by atoms with E-state index in [1.807, 2.05) is 11.3 Å². The van der Waals surface area contributed by atoms with Crippen molar-refractivity contribution < 1.29 is 0 Å². The van der Waals surface area contributed by atoms with Crippen LogP contribution in [0, 0.1) is 13.8 Å². The molecule has 0 bridgehead atoms. The van der Waals surface area contributed by atoms with Gasteiger partial charge in [0.15, 0.2) is 0 Å². The molecule has 10 aromatic carbocycles. The van der Waals surface area contributed by atoms with Crippen LogP contribution in [0.2, 0.25) is 0 Å². The van der Waals surface area contributed by atoms with Crippen LogP contribution >= 0.6 is 11.3 Å². The number of benzene rings is 10. The third-order valence-corrected chi connectivity index (χ3v) is 13.7. The van der Waals surface area contributed by atoms with Crippen LogP contribution in [0.5, 0.6) is 0 Å². The normalized spacial score (nSPS) is 11.7. The SMILES string of the molecule is Cc1ccccc1N(c1ccccc1)c1cc2c(c3ccccc13)c1c3ccccc3c(N(c3ccccc3)c3ccccc3C)cc1n2-c1ccc2sc3ccccc3c2c1. The fraction of sp³-hybridized carbons (Fsp3) is 0.0345. The second-order valence-electron chi connectivity index (χ2n) is 16.2. The molecule has 0 radical (unpaired) electrons. The minimum Gasteiger partial charge on any atom is -0.310 e. The van der Waals surface area contributed by atoms with Gasteiger partial charge in [0.2, 0.25) is 0 Å². The molecular formula is C58H41N3S. The molecule has 0 aliphatic carbocycles. The molecule has 0 atom stereocenters. The van der Waals surface area contributed by atoms with Crippen molar-refractivity contribution in [2.45, 2.75) is 13.8 Å². The quantitative estimate of drug-likeness (QED) is 0.159. The molecule has 0 fully saturated rings. The molecule has 0 unspecified atom stereocenters. The van der Waals surface area contributed by atoms with E-state index in [9.17, 15) is 0 Å². The zero-order valence-corrected chi connectivity index (χ0v) is 35.3. The first-order valence-corrected chi connectivity index (χ1v) is 22.1. The molecule has 3 nitrogen and oxygen atoms in total. The van der Waals surface area contributed by atoms with E-state index in [0.29, 0.717) is 0 Å². The Morgan fingerprint density at radius 1 is 0.339 bits per heavy atom. The van der Waals surface area contributed by atoms with E-state index >= 15 is 0 Å². The average Bonchev–Trinajstić information content (AvgIpc) is 3.86. The number of aryl methyl sites for hydroxylation is 2. The smallest absolute Gasteiger partial charge is 0.0568 e. The summed E-state index contributed by atoms with van der Waals surface area (Å²) in [6, 6.07) is 77.9. The Balaban J connectivity index is 1.28. The lowest BCUT2D eigenvalue weighted by Crippen LogP contribution is -2.12. The predicted octanol–water partition coefficient (Wildman–Crippen LogP) is 17.0. The van der Waals surface area contributed by atoms with E-state index < -0.39 is 0 Å². The standard InChI is InChI=1S/C58H41N3S/c1-38-19-9-16-30-49(38)59(40-21-5-3-6-22-40)51-36-53-57(46-28-13-11-25-43(46)51)58-47-29-14-12-26-44(47)52(60(41-23-7-4-8-24-41)50-31-17-10-20-39(50)2)37-54(58)61(53)42-33-34-56-48(35-42)45-27-15-18-32-55(45)62-56/h3-37H,1-2H3. The number of aromatic nitrogens is 1. The Morgan fingerprint density at radius 2 is 0.758 bits per heavy atom. The van der Waals surface area contributed by atoms with Gasteiger partial charge in [-0.15, -0.1) is 11.3 Å². The molecule has 294 valence electrons. The third-order valence-electron chi connectivity index (χ3n) is 12.6. The summed E-state index contributed by atoms with van der Waals surface area (Å²) in [5.74, 6) is 0. The zero-order chi connectivity index (χ0) is 41.3. The fourth-order valence-electron chi connectivity index (χ4n) is 9.79. The maximum atomic E-state index is 2.55. The van der Waals surface area contributed by atoms with Gasteiger partial charge in [-0.05, 0) is 109 Å². The maximum Gasteiger partial charge on any atom is 0.0568 e. The van der Waals surface area contributed by atoms with Crippen LogP contribution < -0.4 is 9.80 Å². The van der Waals surface area contributed by atoms with Crippen molar-refractivity contribution in [1.82, 2.24) is 4.57 Å². The van der Waals surface area contributed by atoms with Gasteiger partial charge in [0.1, 0.15) is 0 Å². The van der Waals surface area contributed by atoms with Gasteiger partial charge in [0.25, 0.3) is 0 Å². The predicted molar refractivity (Wildman–Crippen MR) is 268 cm³/mol. The number of hydrogen-bond donors (Lipinski definition) is 0. The zero-order valence-electron chi connectivity index (χ0n) is 34.5. The lowest BCUT2D eigenvalue weighted by atomic mass is 9.96. The van der Waals surface area contributed by atoms with E-state index in [4.69, 9.17) is 0 Å². The van der Waals surface area contributed by atoms with Crippen LogP contribution in [-0.2, 0) is 0 Å². The van der Waals surface area contributed by atoms with Gasteiger partial charge in [-0.3, -0.25) is 0 Å². The Hall–Kier alpha value is -7.66. The van der Waals surface area contributed by atoms with Crippen molar-refractivity contribution >= 4 is 109 Å². The minimum absolute atomic E-state index is 1.12. The van der Waals surface area contributed by atoms with Crippen LogP contribution in [0.4, 0.5) is 34.1 Å². The van der Waals surface area contributed by atoms with E-state index in [1.165, 1.54) is 63.6 Å². The monoisotopic (exact) mass is 811 g/mol. The average molecular weight is 812 g/mol. The molecule has 62 heavy (non-hydrogen) atoms. The lowest BCUT2D eigenvalue weighted by molar-refractivity contribution is 1.18. The summed E-state index contributed by atoms with van der Waals surface area (Å²) in [5, 5.41) is 9.89. The second kappa shape index (κ2) is 14.5. The van der Waals surface area contributed by atoms with Gasteiger partial charge in [-0.1, -0.05) is 140 Å². The molecule has 0 aliphatic rings. The minimum atomic E-state index is 1.12. The largest absolute Gasteiger partial charge is 0.310 e. The van der Waals surface area contributed by atoms with E-state index in [0.717, 1.165) is 50.8 Å². The summed E-state index contributed by atoms with van der Waals surface area (Å²) in [6.07, 6.45) is 0. The third kappa shape index (κ3) is 5.64. The molecule has 2 heterocycles. The van der Waals surface area contributed by atoms with E-state index in [2.05, 4.69) is 241 Å². The highest BCUT2D eigenvalue weighted by molar-refractivity contribution is 7.25. The molecular weight excluding hydrogens is 771 g/mol. The molecule has 12 rings (SSSR count). The van der Waals surface area contributed by atoms with Crippen molar-refractivity contribution in [3.05, 3.63) is 223 Å². The van der Waals surface area contributed by atoms with Gasteiger partial charge >= 0.3 is 0 Å². The number of para-hydroxylation sites is 4. The van der Waals surface area contributed by atoms with Gasteiger partial charge in [0.05, 0.1) is 22.4 Å². The molecule has 0 saturated heterocycles. The number of fused-ring (bicyclic) bond motifs is 10. The molecule has 0 spiro atoms. The first kappa shape index (κ1) is 36.2. The van der Waals surface area contributed by atoms with Crippen LogP contribution in [0.3, 0.4) is 0 Å². The highest BCUT2D eigenvalue weighted by Crippen LogP contribution is 2.50. The Morgan fingerprint density at radius 3 is 1.27 bits per heavy atom. The van der Waals surface area contributed by atoms with Gasteiger partial charge in [-0.25, -0.2) is 0 Å². The van der Waals surface area contributed by atoms with Crippen LogP contribution in [-0.4, -0.2) is 4.57 Å². The number of rotatable bonds is 7. The Kier molecular flexibility index (Phi) is 8.48. The molecule has 0 N–H and O–H groups in total. The first-order valence-electron chi connectivity index (χ1n) is 21.3. The van der Waals surface area contributed by atoms with E-state index in [1.54, 1.807) is 0 Å². The molecule has 4 heteroatoms. The van der Waals surface area contributed by atoms with Gasteiger partial charge in [0, 0.05) is 70.2 Å². The van der Waals surface area contributed by atoms with Crippen molar-refractivity contribution in [2.24, 2.45) is 0 Å². The first-order chi connectivity index (χ1) is 30.6. The summed E-state index contributed by atoms with van der Waals surface area (Å²) < 4.78 is 5.14. The Bertz CT molecular complexity index is 3490. The number of hydrogen-bond acceptors (Lipinski definition) is 3. The lowest BCUT2D eigenvalue weighted by Gasteiger charge is -2.28. The molecule has 2 aromatic heterocycles. The molecule has 0 amide bonds. The second-order valence-corrected chi connectivity index (χ2v) is 17.3. The molecule has 0 aliphatic heterocycles. The van der Waals surface area contributed by atoms with Crippen LogP contribution in [0.25, 0.3) is 69.2 Å². The van der Waals surface area contributed by atoms with Crippen molar-refractivity contribution in [1.29, 1.82) is 0 Å². The summed E-state index contributed by atoms with van der Waals surface area (Å²) in [7, 11) is 0. The topological polar surface area (TPSA) is 11.4 Å². The molecule has 0 saturated carbocycles. The summed E-state index contributed by atoms with van der Waals surface area (Å²) in [4.78, 5) is 4.90.